The Labute approximate surface area is 113 Å². The fraction of sp³-hybridized carbons (Fsp3) is 0.400. The number of nitrogens with zero attached hydrogens (tertiary/aromatic N) is 2. The van der Waals surface area contributed by atoms with Crippen molar-refractivity contribution in [1.82, 2.24) is 14.9 Å². The van der Waals surface area contributed by atoms with Gasteiger partial charge in [-0.25, -0.2) is 4.98 Å². The molecule has 0 aliphatic heterocycles. The number of rotatable bonds is 4. The molecule has 1 heterocycles. The standard InChI is InChI=1S/C15H19N3O/c1-11(9-18-7-6-16-10-18)17-15-5-2-12-8-13(19)3-4-14(12)15/h3-4,6-8,10-11,15,17,19H,2,5,9H2,1H3. The third-order valence-corrected chi connectivity index (χ3v) is 3.73. The smallest absolute Gasteiger partial charge is 0.115 e. The Balaban J connectivity index is 1.66. The highest BCUT2D eigenvalue weighted by molar-refractivity contribution is 5.40. The van der Waals surface area contributed by atoms with Crippen LogP contribution in [0.15, 0.2) is 36.9 Å². The minimum absolute atomic E-state index is 0.367. The van der Waals surface area contributed by atoms with Crippen LogP contribution in [-0.2, 0) is 13.0 Å². The molecule has 19 heavy (non-hydrogen) atoms. The number of imidazole rings is 1. The summed E-state index contributed by atoms with van der Waals surface area (Å²) in [6.45, 7) is 3.11. The summed E-state index contributed by atoms with van der Waals surface area (Å²) in [5.41, 5.74) is 2.60. The number of aromatic nitrogens is 2. The molecule has 1 aromatic heterocycles. The van der Waals surface area contributed by atoms with Crippen molar-refractivity contribution in [3.63, 3.8) is 0 Å². The second kappa shape index (κ2) is 5.05. The van der Waals surface area contributed by atoms with Crippen molar-refractivity contribution in [2.45, 2.75) is 38.4 Å². The molecule has 4 heteroatoms. The quantitative estimate of drug-likeness (QED) is 0.883. The summed E-state index contributed by atoms with van der Waals surface area (Å²) in [5, 5.41) is 13.2. The van der Waals surface area contributed by atoms with Crippen LogP contribution in [0.5, 0.6) is 5.75 Å². The van der Waals surface area contributed by atoms with Gasteiger partial charge in [0.05, 0.1) is 6.33 Å². The maximum absolute atomic E-state index is 9.51. The molecule has 1 aliphatic rings. The van der Waals surface area contributed by atoms with Crippen LogP contribution in [0.3, 0.4) is 0 Å². The molecule has 2 N–H and O–H groups in total. The van der Waals surface area contributed by atoms with E-state index in [9.17, 15) is 5.11 Å². The van der Waals surface area contributed by atoms with E-state index in [4.69, 9.17) is 0 Å². The zero-order chi connectivity index (χ0) is 13.2. The van der Waals surface area contributed by atoms with Crippen LogP contribution < -0.4 is 5.32 Å². The highest BCUT2D eigenvalue weighted by Crippen LogP contribution is 2.33. The van der Waals surface area contributed by atoms with E-state index < -0.39 is 0 Å². The van der Waals surface area contributed by atoms with Crippen LogP contribution >= 0.6 is 0 Å². The average Bonchev–Trinajstić information content (AvgIpc) is 2.99. The lowest BCUT2D eigenvalue weighted by molar-refractivity contribution is 0.412. The first kappa shape index (κ1) is 12.2. The number of aryl methyl sites for hydroxylation is 1. The predicted octanol–water partition coefficient (Wildman–Crippen LogP) is 2.25. The van der Waals surface area contributed by atoms with Gasteiger partial charge < -0.3 is 15.0 Å². The summed E-state index contributed by atoms with van der Waals surface area (Å²) in [7, 11) is 0. The van der Waals surface area contributed by atoms with Crippen LogP contribution in [0.4, 0.5) is 0 Å². The summed E-state index contributed by atoms with van der Waals surface area (Å²) in [6, 6.07) is 6.49. The minimum Gasteiger partial charge on any atom is -0.508 e. The maximum Gasteiger partial charge on any atom is 0.115 e. The summed E-state index contributed by atoms with van der Waals surface area (Å²) < 4.78 is 2.09. The average molecular weight is 257 g/mol. The molecule has 2 atom stereocenters. The van der Waals surface area contributed by atoms with E-state index in [1.807, 2.05) is 24.7 Å². The molecular weight excluding hydrogens is 238 g/mol. The molecule has 0 bridgehead atoms. The fourth-order valence-electron chi connectivity index (χ4n) is 2.88. The van der Waals surface area contributed by atoms with Crippen molar-refractivity contribution in [2.75, 3.05) is 0 Å². The monoisotopic (exact) mass is 257 g/mol. The molecule has 1 aromatic carbocycles. The second-order valence-corrected chi connectivity index (χ2v) is 5.30. The SMILES string of the molecule is CC(Cn1ccnc1)NC1CCc2cc(O)ccc21. The van der Waals surface area contributed by atoms with Crippen molar-refractivity contribution < 1.29 is 5.11 Å². The third kappa shape index (κ3) is 2.63. The number of phenols is 1. The zero-order valence-corrected chi connectivity index (χ0v) is 11.1. The van der Waals surface area contributed by atoms with Gasteiger partial charge in [0.15, 0.2) is 0 Å². The molecule has 100 valence electrons. The Hall–Kier alpha value is -1.81. The number of aromatic hydroxyl groups is 1. The maximum atomic E-state index is 9.51. The molecule has 4 nitrogen and oxygen atoms in total. The highest BCUT2D eigenvalue weighted by Gasteiger charge is 2.23. The van der Waals surface area contributed by atoms with E-state index >= 15 is 0 Å². The van der Waals surface area contributed by atoms with Crippen molar-refractivity contribution >= 4 is 0 Å². The number of fused-ring (bicyclic) bond motifs is 1. The lowest BCUT2D eigenvalue weighted by Gasteiger charge is -2.20. The van der Waals surface area contributed by atoms with Gasteiger partial charge in [0, 0.05) is 31.0 Å². The summed E-state index contributed by atoms with van der Waals surface area (Å²) in [5.74, 6) is 0.367. The van der Waals surface area contributed by atoms with Crippen LogP contribution in [0.2, 0.25) is 0 Å². The van der Waals surface area contributed by atoms with Crippen molar-refractivity contribution in [1.29, 1.82) is 0 Å². The fourth-order valence-corrected chi connectivity index (χ4v) is 2.88. The van der Waals surface area contributed by atoms with Gasteiger partial charge in [0.2, 0.25) is 0 Å². The molecule has 2 unspecified atom stereocenters. The molecule has 0 radical (unpaired) electrons. The second-order valence-electron chi connectivity index (χ2n) is 5.30. The molecule has 0 spiro atoms. The van der Waals surface area contributed by atoms with Gasteiger partial charge in [0.1, 0.15) is 5.75 Å². The predicted molar refractivity (Wildman–Crippen MR) is 74.0 cm³/mol. The number of nitrogens with one attached hydrogen (secondary N) is 1. The molecule has 0 fully saturated rings. The Kier molecular flexibility index (Phi) is 3.25. The molecule has 0 amide bonds. The van der Waals surface area contributed by atoms with Crippen LogP contribution in [0.1, 0.15) is 30.5 Å². The van der Waals surface area contributed by atoms with E-state index in [2.05, 4.69) is 21.8 Å². The first-order valence-electron chi connectivity index (χ1n) is 6.76. The van der Waals surface area contributed by atoms with Gasteiger partial charge in [-0.2, -0.15) is 0 Å². The summed E-state index contributed by atoms with van der Waals surface area (Å²) >= 11 is 0. The van der Waals surface area contributed by atoms with E-state index in [1.165, 1.54) is 11.1 Å². The Morgan fingerprint density at radius 1 is 1.53 bits per heavy atom. The summed E-state index contributed by atoms with van der Waals surface area (Å²) in [6.07, 6.45) is 7.78. The number of phenolic OH excluding ortho intramolecular Hbond substituents is 1. The van der Waals surface area contributed by atoms with E-state index in [0.717, 1.165) is 19.4 Å². The Morgan fingerprint density at radius 2 is 2.42 bits per heavy atom. The number of benzene rings is 1. The number of hydrogen-bond donors (Lipinski definition) is 2. The van der Waals surface area contributed by atoms with Gasteiger partial charge in [-0.1, -0.05) is 6.07 Å². The molecule has 2 aromatic rings. The third-order valence-electron chi connectivity index (χ3n) is 3.73. The van der Waals surface area contributed by atoms with Crippen molar-refractivity contribution in [3.8, 4) is 5.75 Å². The Morgan fingerprint density at radius 3 is 3.21 bits per heavy atom. The van der Waals surface area contributed by atoms with Crippen LogP contribution in [-0.4, -0.2) is 20.7 Å². The minimum atomic E-state index is 0.367. The van der Waals surface area contributed by atoms with E-state index in [0.29, 0.717) is 17.8 Å². The van der Waals surface area contributed by atoms with Crippen molar-refractivity contribution in [3.05, 3.63) is 48.0 Å². The lowest BCUT2D eigenvalue weighted by atomic mass is 10.1. The van der Waals surface area contributed by atoms with Gasteiger partial charge >= 0.3 is 0 Å². The molecule has 3 rings (SSSR count). The zero-order valence-electron chi connectivity index (χ0n) is 11.1. The molecule has 0 saturated carbocycles. The van der Waals surface area contributed by atoms with E-state index in [1.54, 1.807) is 12.3 Å². The topological polar surface area (TPSA) is 50.1 Å². The van der Waals surface area contributed by atoms with Gasteiger partial charge in [-0.15, -0.1) is 0 Å². The van der Waals surface area contributed by atoms with Crippen LogP contribution in [0, 0.1) is 0 Å². The first-order valence-corrected chi connectivity index (χ1v) is 6.76. The number of hydrogen-bond acceptors (Lipinski definition) is 3. The molecule has 1 aliphatic carbocycles. The largest absolute Gasteiger partial charge is 0.508 e. The molecule has 0 saturated heterocycles. The van der Waals surface area contributed by atoms with Gasteiger partial charge in [-0.3, -0.25) is 0 Å². The van der Waals surface area contributed by atoms with Gasteiger partial charge in [0.25, 0.3) is 0 Å². The molecular formula is C15H19N3O. The normalized spacial score (nSPS) is 19.3. The highest BCUT2D eigenvalue weighted by atomic mass is 16.3. The van der Waals surface area contributed by atoms with Crippen LogP contribution in [0.25, 0.3) is 0 Å². The first-order chi connectivity index (χ1) is 9.22. The van der Waals surface area contributed by atoms with Crippen molar-refractivity contribution in [2.24, 2.45) is 0 Å². The van der Waals surface area contributed by atoms with Gasteiger partial charge in [-0.05, 0) is 43.0 Å². The lowest BCUT2D eigenvalue weighted by Crippen LogP contribution is -2.32. The van der Waals surface area contributed by atoms with E-state index in [-0.39, 0.29) is 0 Å². The summed E-state index contributed by atoms with van der Waals surface area (Å²) in [4.78, 5) is 4.06. The Bertz CT molecular complexity index is 551.